The van der Waals surface area contributed by atoms with Gasteiger partial charge in [0.1, 0.15) is 5.04 Å². The molecular formula is C23H32N2O3S2. The Kier molecular flexibility index (Phi) is 12.0. The van der Waals surface area contributed by atoms with Gasteiger partial charge in [-0.2, -0.15) is 0 Å². The molecule has 0 aliphatic rings. The second kappa shape index (κ2) is 13.6. The van der Waals surface area contributed by atoms with E-state index in [-0.39, 0.29) is 19.6 Å². The van der Waals surface area contributed by atoms with Crippen molar-refractivity contribution in [3.05, 3.63) is 71.6 Å². The Balaban J connectivity index is 0.00000218. The molecular weight excluding hydrogens is 416 g/mol. The standard InChI is InChI=1S/C21H26N2O3S2.C2H6/c1-3-27-20(23-2)16-6-10-18(11-7-16)28-17-8-4-15(5-9-17)19(26)12-21(22,13-24)14-25;1-2/h3-11,19,24-26H,1,12-14,22H2,2H3;1-2H3. The van der Waals surface area contributed by atoms with Crippen LogP contribution in [-0.2, 0) is 0 Å². The van der Waals surface area contributed by atoms with Crippen LogP contribution >= 0.6 is 23.5 Å². The highest BCUT2D eigenvalue weighted by Gasteiger charge is 2.27. The van der Waals surface area contributed by atoms with Crippen LogP contribution in [0.5, 0.6) is 0 Å². The molecule has 0 fully saturated rings. The summed E-state index contributed by atoms with van der Waals surface area (Å²) in [7, 11) is 1.76. The molecule has 1 unspecified atom stereocenters. The molecule has 5 nitrogen and oxygen atoms in total. The molecule has 0 aromatic heterocycles. The first-order valence-electron chi connectivity index (χ1n) is 9.76. The molecule has 0 bridgehead atoms. The lowest BCUT2D eigenvalue weighted by Gasteiger charge is -2.27. The van der Waals surface area contributed by atoms with Gasteiger partial charge in [0, 0.05) is 22.4 Å². The largest absolute Gasteiger partial charge is 0.394 e. The molecule has 30 heavy (non-hydrogen) atoms. The van der Waals surface area contributed by atoms with Gasteiger partial charge in [-0.25, -0.2) is 0 Å². The quantitative estimate of drug-likeness (QED) is 0.339. The normalized spacial score (nSPS) is 12.7. The third-order valence-electron chi connectivity index (χ3n) is 4.23. The number of thioether (sulfide) groups is 1. The fraction of sp³-hybridized carbons (Fsp3) is 0.348. The van der Waals surface area contributed by atoms with Crippen LogP contribution < -0.4 is 5.73 Å². The third-order valence-corrected chi connectivity index (χ3v) is 6.05. The summed E-state index contributed by atoms with van der Waals surface area (Å²) in [5.74, 6) is 0. The monoisotopic (exact) mass is 448 g/mol. The predicted octanol–water partition coefficient (Wildman–Crippen LogP) is 4.22. The summed E-state index contributed by atoms with van der Waals surface area (Å²) in [6, 6.07) is 15.7. The van der Waals surface area contributed by atoms with Crippen molar-refractivity contribution in [3.63, 3.8) is 0 Å². The smallest absolute Gasteiger partial charge is 0.101 e. The zero-order valence-corrected chi connectivity index (χ0v) is 19.4. The molecule has 2 aromatic rings. The van der Waals surface area contributed by atoms with Crippen LogP contribution in [0.1, 0.15) is 37.5 Å². The number of benzene rings is 2. The molecule has 2 rings (SSSR count). The van der Waals surface area contributed by atoms with Crippen LogP contribution in [0.4, 0.5) is 0 Å². The molecule has 0 spiro atoms. The van der Waals surface area contributed by atoms with Gasteiger partial charge in [-0.05, 0) is 41.7 Å². The van der Waals surface area contributed by atoms with Gasteiger partial charge >= 0.3 is 0 Å². The molecule has 2 aromatic carbocycles. The molecule has 0 heterocycles. The Bertz CT molecular complexity index is 789. The van der Waals surface area contributed by atoms with Crippen LogP contribution in [0.3, 0.4) is 0 Å². The number of hydrogen-bond donors (Lipinski definition) is 4. The van der Waals surface area contributed by atoms with Crippen LogP contribution in [-0.4, -0.2) is 46.2 Å². The SMILES string of the molecule is C=CSC(=NC)c1ccc(Sc2ccc(C(O)CC(N)(CO)CO)cc2)cc1.CC. The van der Waals surface area contributed by atoms with E-state index in [1.165, 1.54) is 11.8 Å². The van der Waals surface area contributed by atoms with Gasteiger partial charge in [0.25, 0.3) is 0 Å². The fourth-order valence-electron chi connectivity index (χ4n) is 2.57. The van der Waals surface area contributed by atoms with E-state index >= 15 is 0 Å². The van der Waals surface area contributed by atoms with Gasteiger partial charge in [-0.1, -0.05) is 68.2 Å². The summed E-state index contributed by atoms with van der Waals surface area (Å²) >= 11 is 3.11. The maximum Gasteiger partial charge on any atom is 0.101 e. The van der Waals surface area contributed by atoms with Crippen molar-refractivity contribution < 1.29 is 15.3 Å². The summed E-state index contributed by atoms with van der Waals surface area (Å²) in [4.78, 5) is 6.40. The number of nitrogens with zero attached hydrogens (tertiary/aromatic N) is 1. The Labute approximate surface area is 188 Å². The van der Waals surface area contributed by atoms with Crippen LogP contribution in [0, 0.1) is 0 Å². The van der Waals surface area contributed by atoms with E-state index in [0.717, 1.165) is 20.4 Å². The topological polar surface area (TPSA) is 99.1 Å². The van der Waals surface area contributed by atoms with Crippen molar-refractivity contribution >= 4 is 28.6 Å². The van der Waals surface area contributed by atoms with Gasteiger partial charge < -0.3 is 21.1 Å². The lowest BCUT2D eigenvalue weighted by atomic mass is 9.92. The van der Waals surface area contributed by atoms with Crippen LogP contribution in [0.2, 0.25) is 0 Å². The highest BCUT2D eigenvalue weighted by molar-refractivity contribution is 8.16. The zero-order valence-electron chi connectivity index (χ0n) is 17.8. The van der Waals surface area contributed by atoms with E-state index in [4.69, 9.17) is 5.73 Å². The number of rotatable bonds is 9. The molecule has 1 atom stereocenters. The fourth-order valence-corrected chi connectivity index (χ4v) is 3.92. The number of nitrogens with two attached hydrogens (primary N) is 1. The van der Waals surface area contributed by atoms with E-state index in [1.54, 1.807) is 24.2 Å². The Morgan fingerprint density at radius 2 is 1.57 bits per heavy atom. The predicted molar refractivity (Wildman–Crippen MR) is 129 cm³/mol. The lowest BCUT2D eigenvalue weighted by molar-refractivity contribution is 0.0618. The van der Waals surface area contributed by atoms with Crippen molar-refractivity contribution in [1.82, 2.24) is 0 Å². The molecule has 164 valence electrons. The van der Waals surface area contributed by atoms with Crippen molar-refractivity contribution in [2.75, 3.05) is 20.3 Å². The highest BCUT2D eigenvalue weighted by atomic mass is 32.2. The van der Waals surface area contributed by atoms with Gasteiger partial charge in [0.15, 0.2) is 0 Å². The molecule has 7 heteroatoms. The molecule has 0 aliphatic carbocycles. The second-order valence-electron chi connectivity index (χ2n) is 6.41. The second-order valence-corrected chi connectivity index (χ2v) is 8.51. The minimum absolute atomic E-state index is 0.0813. The van der Waals surface area contributed by atoms with E-state index in [0.29, 0.717) is 5.56 Å². The van der Waals surface area contributed by atoms with Crippen LogP contribution in [0.25, 0.3) is 0 Å². The lowest BCUT2D eigenvalue weighted by Crippen LogP contribution is -2.48. The van der Waals surface area contributed by atoms with Gasteiger partial charge in [-0.15, -0.1) is 0 Å². The molecule has 5 N–H and O–H groups in total. The minimum atomic E-state index is -1.20. The molecule has 0 saturated heterocycles. The number of aliphatic hydroxyl groups is 3. The number of aliphatic imine (C=N–C) groups is 1. The highest BCUT2D eigenvalue weighted by Crippen LogP contribution is 2.30. The Morgan fingerprint density at radius 1 is 1.07 bits per heavy atom. The van der Waals surface area contributed by atoms with E-state index in [9.17, 15) is 15.3 Å². The van der Waals surface area contributed by atoms with Crippen molar-refractivity contribution in [2.45, 2.75) is 41.7 Å². The van der Waals surface area contributed by atoms with Gasteiger partial charge in [0.05, 0.1) is 24.9 Å². The van der Waals surface area contributed by atoms with Gasteiger partial charge in [0.2, 0.25) is 0 Å². The first-order chi connectivity index (χ1) is 14.4. The average Bonchev–Trinajstić information content (AvgIpc) is 2.79. The minimum Gasteiger partial charge on any atom is -0.394 e. The summed E-state index contributed by atoms with van der Waals surface area (Å²) in [6.07, 6.45) is -0.769. The summed E-state index contributed by atoms with van der Waals surface area (Å²) in [5, 5.41) is 31.6. The number of hydrogen-bond acceptors (Lipinski definition) is 7. The third kappa shape index (κ3) is 7.91. The Morgan fingerprint density at radius 3 is 2.00 bits per heavy atom. The van der Waals surface area contributed by atoms with E-state index < -0.39 is 11.6 Å². The van der Waals surface area contributed by atoms with Crippen molar-refractivity contribution in [2.24, 2.45) is 10.7 Å². The molecule has 0 saturated carbocycles. The molecule has 0 radical (unpaired) electrons. The summed E-state index contributed by atoms with van der Waals surface area (Å²) < 4.78 is 0. The molecule has 0 aliphatic heterocycles. The van der Waals surface area contributed by atoms with Crippen LogP contribution in [0.15, 0.2) is 75.3 Å². The maximum absolute atomic E-state index is 10.3. The summed E-state index contributed by atoms with van der Waals surface area (Å²) in [6.45, 7) is 6.95. The molecule has 0 amide bonds. The first kappa shape index (κ1) is 26.4. The zero-order chi connectivity index (χ0) is 22.6. The van der Waals surface area contributed by atoms with Crippen molar-refractivity contribution in [1.29, 1.82) is 0 Å². The number of aliphatic hydroxyl groups excluding tert-OH is 3. The summed E-state index contributed by atoms with van der Waals surface area (Å²) in [5.41, 5.74) is 6.40. The first-order valence-corrected chi connectivity index (χ1v) is 11.5. The van der Waals surface area contributed by atoms with E-state index in [1.807, 2.05) is 62.4 Å². The van der Waals surface area contributed by atoms with Gasteiger partial charge in [-0.3, -0.25) is 4.99 Å². The average molecular weight is 449 g/mol. The van der Waals surface area contributed by atoms with Crippen molar-refractivity contribution in [3.8, 4) is 0 Å². The van der Waals surface area contributed by atoms with E-state index in [2.05, 4.69) is 11.6 Å². The maximum atomic E-state index is 10.3. The Hall–Kier alpha value is -1.61.